The van der Waals surface area contributed by atoms with Crippen molar-refractivity contribution in [3.8, 4) is 0 Å². The van der Waals surface area contributed by atoms with Crippen LogP contribution in [-0.4, -0.2) is 38.1 Å². The van der Waals surface area contributed by atoms with Crippen molar-refractivity contribution >= 4 is 13.3 Å². The van der Waals surface area contributed by atoms with Gasteiger partial charge in [-0.15, -0.1) is 0 Å². The van der Waals surface area contributed by atoms with Gasteiger partial charge in [-0.25, -0.2) is 0 Å². The molecule has 0 saturated carbocycles. The lowest BCUT2D eigenvalue weighted by Crippen LogP contribution is -2.41. The standard InChI is InChI=1S/C18H32N2Si/c1-15(2)20(14-17-7-6-12-19-17)13-16-8-10-18(11-9-16)21(3,4)5/h8-11,15,17,19H,6-7,12-14H2,1-5H3. The highest BCUT2D eigenvalue weighted by molar-refractivity contribution is 6.88. The summed E-state index contributed by atoms with van der Waals surface area (Å²) in [7, 11) is -1.17. The second kappa shape index (κ2) is 7.08. The van der Waals surface area contributed by atoms with E-state index in [9.17, 15) is 0 Å². The Morgan fingerprint density at radius 2 is 1.86 bits per heavy atom. The van der Waals surface area contributed by atoms with E-state index >= 15 is 0 Å². The molecule has 118 valence electrons. The average Bonchev–Trinajstić information content (AvgIpc) is 2.90. The third-order valence-corrected chi connectivity index (χ3v) is 6.62. The van der Waals surface area contributed by atoms with E-state index in [-0.39, 0.29) is 0 Å². The van der Waals surface area contributed by atoms with Gasteiger partial charge in [0.25, 0.3) is 0 Å². The molecule has 1 aromatic carbocycles. The van der Waals surface area contributed by atoms with E-state index < -0.39 is 8.07 Å². The first-order chi connectivity index (χ1) is 9.86. The van der Waals surface area contributed by atoms with Gasteiger partial charge in [0, 0.05) is 25.2 Å². The van der Waals surface area contributed by atoms with Crippen LogP contribution < -0.4 is 10.5 Å². The zero-order valence-corrected chi connectivity index (χ0v) is 15.4. The second-order valence-corrected chi connectivity index (χ2v) is 12.8. The van der Waals surface area contributed by atoms with E-state index in [4.69, 9.17) is 0 Å². The number of hydrogen-bond donors (Lipinski definition) is 1. The minimum atomic E-state index is -1.17. The molecule has 0 radical (unpaired) electrons. The third kappa shape index (κ3) is 4.94. The fourth-order valence-electron chi connectivity index (χ4n) is 3.00. The highest BCUT2D eigenvalue weighted by Gasteiger charge is 2.20. The summed E-state index contributed by atoms with van der Waals surface area (Å²) in [6, 6.07) is 10.7. The van der Waals surface area contributed by atoms with Crippen molar-refractivity contribution in [3.05, 3.63) is 29.8 Å². The van der Waals surface area contributed by atoms with Gasteiger partial charge >= 0.3 is 0 Å². The van der Waals surface area contributed by atoms with E-state index in [0.29, 0.717) is 12.1 Å². The first-order valence-corrected chi connectivity index (χ1v) is 11.9. The van der Waals surface area contributed by atoms with Crippen molar-refractivity contribution < 1.29 is 0 Å². The Hall–Kier alpha value is -0.643. The Kier molecular flexibility index (Phi) is 5.64. The molecule has 21 heavy (non-hydrogen) atoms. The Balaban J connectivity index is 1.99. The van der Waals surface area contributed by atoms with Crippen LogP contribution in [-0.2, 0) is 6.54 Å². The van der Waals surface area contributed by atoms with Crippen LogP contribution in [0.2, 0.25) is 19.6 Å². The predicted octanol–water partition coefficient (Wildman–Crippen LogP) is 3.19. The summed E-state index contributed by atoms with van der Waals surface area (Å²) >= 11 is 0. The topological polar surface area (TPSA) is 15.3 Å². The van der Waals surface area contributed by atoms with Gasteiger partial charge < -0.3 is 5.32 Å². The summed E-state index contributed by atoms with van der Waals surface area (Å²) in [5.41, 5.74) is 1.45. The maximum atomic E-state index is 3.62. The Bertz CT molecular complexity index is 428. The van der Waals surface area contributed by atoms with Crippen LogP contribution in [0.1, 0.15) is 32.3 Å². The van der Waals surface area contributed by atoms with Gasteiger partial charge in [-0.1, -0.05) is 49.1 Å². The van der Waals surface area contributed by atoms with Gasteiger partial charge in [-0.3, -0.25) is 4.90 Å². The molecule has 0 amide bonds. The monoisotopic (exact) mass is 304 g/mol. The van der Waals surface area contributed by atoms with Crippen molar-refractivity contribution in [2.24, 2.45) is 0 Å². The molecule has 2 rings (SSSR count). The van der Waals surface area contributed by atoms with Crippen molar-refractivity contribution in [2.75, 3.05) is 13.1 Å². The van der Waals surface area contributed by atoms with Crippen LogP contribution in [0.3, 0.4) is 0 Å². The zero-order valence-electron chi connectivity index (χ0n) is 14.4. The zero-order chi connectivity index (χ0) is 15.5. The summed E-state index contributed by atoms with van der Waals surface area (Å²) in [5.74, 6) is 0. The largest absolute Gasteiger partial charge is 0.313 e. The minimum Gasteiger partial charge on any atom is -0.313 e. The molecule has 0 aliphatic carbocycles. The highest BCUT2D eigenvalue weighted by atomic mass is 28.3. The van der Waals surface area contributed by atoms with Gasteiger partial charge in [0.2, 0.25) is 0 Å². The number of hydrogen-bond acceptors (Lipinski definition) is 2. The second-order valence-electron chi connectivity index (χ2n) is 7.76. The quantitative estimate of drug-likeness (QED) is 0.812. The minimum absolute atomic E-state index is 0.601. The van der Waals surface area contributed by atoms with Crippen LogP contribution in [0.15, 0.2) is 24.3 Å². The third-order valence-electron chi connectivity index (χ3n) is 4.55. The maximum Gasteiger partial charge on any atom is 0.0775 e. The number of rotatable bonds is 6. The normalized spacial score (nSPS) is 19.7. The Labute approximate surface area is 131 Å². The lowest BCUT2D eigenvalue weighted by Gasteiger charge is -2.29. The van der Waals surface area contributed by atoms with Crippen LogP contribution in [0.25, 0.3) is 0 Å². The van der Waals surface area contributed by atoms with Gasteiger partial charge in [-0.2, -0.15) is 0 Å². The molecule has 2 nitrogen and oxygen atoms in total. The molecule has 1 unspecified atom stereocenters. The molecular weight excluding hydrogens is 272 g/mol. The van der Waals surface area contributed by atoms with Gasteiger partial charge in [0.05, 0.1) is 8.07 Å². The van der Waals surface area contributed by atoms with Gasteiger partial charge in [0.1, 0.15) is 0 Å². The van der Waals surface area contributed by atoms with E-state index in [1.165, 1.54) is 31.5 Å². The van der Waals surface area contributed by atoms with Crippen LogP contribution in [0.5, 0.6) is 0 Å². The SMILES string of the molecule is CC(C)N(Cc1ccc([Si](C)(C)C)cc1)CC1CCCN1. The summed E-state index contributed by atoms with van der Waals surface area (Å²) in [5, 5.41) is 5.18. The summed E-state index contributed by atoms with van der Waals surface area (Å²) in [6.07, 6.45) is 2.67. The molecule has 1 aromatic rings. The molecule has 1 aliphatic heterocycles. The average molecular weight is 305 g/mol. The van der Waals surface area contributed by atoms with Gasteiger partial charge in [-0.05, 0) is 38.8 Å². The Morgan fingerprint density at radius 1 is 1.19 bits per heavy atom. The smallest absolute Gasteiger partial charge is 0.0775 e. The molecule has 1 aliphatic rings. The molecular formula is C18H32N2Si. The molecule has 1 heterocycles. The molecule has 1 N–H and O–H groups in total. The van der Waals surface area contributed by atoms with Crippen LogP contribution >= 0.6 is 0 Å². The summed E-state index contributed by atoms with van der Waals surface area (Å²) in [4.78, 5) is 2.60. The van der Waals surface area contributed by atoms with Crippen LogP contribution in [0, 0.1) is 0 Å². The molecule has 1 saturated heterocycles. The molecule has 0 bridgehead atoms. The maximum absolute atomic E-state index is 3.62. The van der Waals surface area contributed by atoms with Crippen molar-refractivity contribution in [1.82, 2.24) is 10.2 Å². The fraction of sp³-hybridized carbons (Fsp3) is 0.667. The van der Waals surface area contributed by atoms with E-state index in [1.54, 1.807) is 5.19 Å². The number of nitrogens with zero attached hydrogens (tertiary/aromatic N) is 1. The number of nitrogens with one attached hydrogen (secondary N) is 1. The lowest BCUT2D eigenvalue weighted by atomic mass is 10.1. The Morgan fingerprint density at radius 3 is 2.33 bits per heavy atom. The van der Waals surface area contributed by atoms with E-state index in [2.05, 4.69) is 68.0 Å². The highest BCUT2D eigenvalue weighted by Crippen LogP contribution is 2.13. The van der Waals surface area contributed by atoms with Crippen LogP contribution in [0.4, 0.5) is 0 Å². The van der Waals surface area contributed by atoms with E-state index in [1.807, 2.05) is 0 Å². The van der Waals surface area contributed by atoms with Crippen molar-refractivity contribution in [3.63, 3.8) is 0 Å². The summed E-state index contributed by atoms with van der Waals surface area (Å²) in [6.45, 7) is 15.3. The first-order valence-electron chi connectivity index (χ1n) is 8.43. The van der Waals surface area contributed by atoms with Gasteiger partial charge in [0.15, 0.2) is 0 Å². The first kappa shape index (κ1) is 16.7. The summed E-state index contributed by atoms with van der Waals surface area (Å²) < 4.78 is 0. The predicted molar refractivity (Wildman–Crippen MR) is 96.0 cm³/mol. The molecule has 1 fully saturated rings. The molecule has 0 aromatic heterocycles. The molecule has 0 spiro atoms. The van der Waals surface area contributed by atoms with Crippen molar-refractivity contribution in [2.45, 2.75) is 65.0 Å². The van der Waals surface area contributed by atoms with Crippen molar-refractivity contribution in [1.29, 1.82) is 0 Å². The fourth-order valence-corrected chi connectivity index (χ4v) is 4.16. The molecule has 3 heteroatoms. The lowest BCUT2D eigenvalue weighted by molar-refractivity contribution is 0.194. The molecule has 1 atom stereocenters. The van der Waals surface area contributed by atoms with E-state index in [0.717, 1.165) is 6.54 Å². The number of benzene rings is 1.